The molecule has 0 saturated carbocycles. The number of aliphatic imine (C=N–C) groups is 1. The van der Waals surface area contributed by atoms with E-state index in [2.05, 4.69) is 64.1 Å². The minimum Gasteiger partial charge on any atom is -0.308 e. The molecule has 2 aromatic carbocycles. The number of allylic oxidation sites excluding steroid dienone is 2. The minimum absolute atomic E-state index is 0.154. The van der Waals surface area contributed by atoms with Crippen LogP contribution in [-0.4, -0.2) is 18.2 Å². The number of carbonyl (C=O) groups is 1. The average molecular weight is 471 g/mol. The van der Waals surface area contributed by atoms with E-state index < -0.39 is 0 Å². The summed E-state index contributed by atoms with van der Waals surface area (Å²) >= 11 is 0. The van der Waals surface area contributed by atoms with Crippen molar-refractivity contribution in [3.8, 4) is 0 Å². The van der Waals surface area contributed by atoms with Crippen molar-refractivity contribution in [1.29, 1.82) is 0 Å². The lowest BCUT2D eigenvalue weighted by molar-refractivity contribution is -0.118. The van der Waals surface area contributed by atoms with Crippen LogP contribution in [0, 0.1) is 0 Å². The van der Waals surface area contributed by atoms with Gasteiger partial charge in [-0.15, -0.1) is 0 Å². The van der Waals surface area contributed by atoms with E-state index in [9.17, 15) is 4.79 Å². The normalized spacial score (nSPS) is 15.1. The summed E-state index contributed by atoms with van der Waals surface area (Å²) < 4.78 is 0. The number of carbonyl (C=O) groups excluding carboxylic acids is 1. The first-order chi connectivity index (χ1) is 16.8. The van der Waals surface area contributed by atoms with Gasteiger partial charge >= 0.3 is 0 Å². The monoisotopic (exact) mass is 470 g/mol. The third kappa shape index (κ3) is 7.52. The molecule has 1 aliphatic carbocycles. The fraction of sp³-hybridized carbons (Fsp3) is 0.438. The van der Waals surface area contributed by atoms with E-state index in [4.69, 9.17) is 4.99 Å². The van der Waals surface area contributed by atoms with Crippen LogP contribution in [0.15, 0.2) is 76.4 Å². The van der Waals surface area contributed by atoms with Gasteiger partial charge in [0.2, 0.25) is 5.91 Å². The second kappa shape index (κ2) is 12.7. The second-order valence-electron chi connectivity index (χ2n) is 10.2. The highest BCUT2D eigenvalue weighted by Gasteiger charge is 2.22. The molecule has 0 spiro atoms. The van der Waals surface area contributed by atoms with Crippen LogP contribution < -0.4 is 4.90 Å². The van der Waals surface area contributed by atoms with Crippen molar-refractivity contribution in [3.05, 3.63) is 88.1 Å². The molecule has 0 saturated heterocycles. The van der Waals surface area contributed by atoms with Crippen LogP contribution in [0.4, 0.5) is 5.69 Å². The Morgan fingerprint density at radius 2 is 1.69 bits per heavy atom. The van der Waals surface area contributed by atoms with Gasteiger partial charge in [0, 0.05) is 23.5 Å². The number of anilines is 1. The summed E-state index contributed by atoms with van der Waals surface area (Å²) in [5.41, 5.74) is 9.42. The molecule has 0 radical (unpaired) electrons. The Hall–Kier alpha value is -2.94. The summed E-state index contributed by atoms with van der Waals surface area (Å²) in [4.78, 5) is 20.6. The highest BCUT2D eigenvalue weighted by atomic mass is 16.2. The first-order valence-corrected chi connectivity index (χ1v) is 13.1. The molecule has 1 unspecified atom stereocenters. The van der Waals surface area contributed by atoms with Crippen molar-refractivity contribution in [1.82, 2.24) is 0 Å². The Morgan fingerprint density at radius 1 is 1.00 bits per heavy atom. The average Bonchev–Trinajstić information content (AvgIpc) is 2.85. The van der Waals surface area contributed by atoms with Gasteiger partial charge in [-0.3, -0.25) is 9.79 Å². The van der Waals surface area contributed by atoms with Crippen LogP contribution in [0.2, 0.25) is 0 Å². The molecular weight excluding hydrogens is 428 g/mol. The van der Waals surface area contributed by atoms with E-state index in [1.165, 1.54) is 35.1 Å². The van der Waals surface area contributed by atoms with E-state index in [-0.39, 0.29) is 11.8 Å². The molecule has 1 aliphatic rings. The smallest absolute Gasteiger partial charge is 0.227 e. The molecular formula is C32H42N2O. The summed E-state index contributed by atoms with van der Waals surface area (Å²) in [7, 11) is 0. The number of rotatable bonds is 9. The van der Waals surface area contributed by atoms with Crippen LogP contribution >= 0.6 is 0 Å². The maximum Gasteiger partial charge on any atom is 0.227 e. The van der Waals surface area contributed by atoms with Crippen molar-refractivity contribution in [3.63, 3.8) is 0 Å². The number of benzene rings is 2. The van der Waals surface area contributed by atoms with Crippen LogP contribution in [-0.2, 0) is 17.6 Å². The molecule has 0 bridgehead atoms. The third-order valence-electron chi connectivity index (χ3n) is 6.96. The molecule has 0 aromatic heterocycles. The summed E-state index contributed by atoms with van der Waals surface area (Å²) in [5, 5.41) is 0. The van der Waals surface area contributed by atoms with Crippen molar-refractivity contribution in [2.45, 2.75) is 86.0 Å². The molecule has 1 amide bonds. The van der Waals surface area contributed by atoms with Crippen LogP contribution in [0.1, 0.15) is 89.8 Å². The zero-order valence-corrected chi connectivity index (χ0v) is 22.5. The standard InChI is InChI=1S/C32H42N2O/c1-7-24(4)19-30(26(6)33-23(2)3)22-34(31-18-17-28-15-11-12-16-29(28)21-31)32(35)20-25(5)27-13-9-8-10-14-27/h8-10,13-14,17-19,21,25H,7,11-12,15-16,20,22H2,1-6H3/b24-19?,30-26+. The Morgan fingerprint density at radius 3 is 2.34 bits per heavy atom. The van der Waals surface area contributed by atoms with Crippen LogP contribution in [0.25, 0.3) is 0 Å². The topological polar surface area (TPSA) is 32.7 Å². The van der Waals surface area contributed by atoms with Gasteiger partial charge in [0.25, 0.3) is 0 Å². The quantitative estimate of drug-likeness (QED) is 0.268. The first kappa shape index (κ1) is 26.7. The SMILES string of the molecule is CCC(C)=C/C(CN(C(=O)CC(C)c1ccccc1)c1ccc2c(c1)CCCC2)=C(/C)N=C(C)C. The first-order valence-electron chi connectivity index (χ1n) is 13.1. The molecule has 0 N–H and O–H groups in total. The third-order valence-corrected chi connectivity index (χ3v) is 6.96. The zero-order chi connectivity index (χ0) is 25.4. The molecule has 35 heavy (non-hydrogen) atoms. The predicted octanol–water partition coefficient (Wildman–Crippen LogP) is 8.20. The van der Waals surface area contributed by atoms with Crippen molar-refractivity contribution < 1.29 is 4.79 Å². The molecule has 0 fully saturated rings. The number of amides is 1. The van der Waals surface area contributed by atoms with E-state index in [1.807, 2.05) is 36.9 Å². The van der Waals surface area contributed by atoms with Crippen molar-refractivity contribution in [2.24, 2.45) is 4.99 Å². The number of nitrogens with zero attached hydrogens (tertiary/aromatic N) is 2. The summed E-state index contributed by atoms with van der Waals surface area (Å²) in [6.45, 7) is 13.1. The fourth-order valence-electron chi connectivity index (χ4n) is 4.72. The lowest BCUT2D eigenvalue weighted by Crippen LogP contribution is -2.34. The van der Waals surface area contributed by atoms with E-state index >= 15 is 0 Å². The Balaban J connectivity index is 2.01. The van der Waals surface area contributed by atoms with Crippen LogP contribution in [0.5, 0.6) is 0 Å². The molecule has 0 heterocycles. The second-order valence-corrected chi connectivity index (χ2v) is 10.2. The molecule has 3 rings (SSSR count). The Bertz CT molecular complexity index is 1100. The van der Waals surface area contributed by atoms with Gasteiger partial charge in [0.05, 0.1) is 6.54 Å². The number of hydrogen-bond acceptors (Lipinski definition) is 2. The largest absolute Gasteiger partial charge is 0.308 e. The molecule has 186 valence electrons. The summed E-state index contributed by atoms with van der Waals surface area (Å²) in [6.07, 6.45) is 8.39. The number of fused-ring (bicyclic) bond motifs is 1. The van der Waals surface area contributed by atoms with Gasteiger partial charge in [0.15, 0.2) is 0 Å². The predicted molar refractivity (Wildman–Crippen MR) is 150 cm³/mol. The Kier molecular flexibility index (Phi) is 9.65. The van der Waals surface area contributed by atoms with Crippen LogP contribution in [0.3, 0.4) is 0 Å². The van der Waals surface area contributed by atoms with Gasteiger partial charge in [0.1, 0.15) is 0 Å². The highest BCUT2D eigenvalue weighted by molar-refractivity contribution is 5.94. The summed E-state index contributed by atoms with van der Waals surface area (Å²) in [5.74, 6) is 0.309. The maximum atomic E-state index is 13.9. The molecule has 2 aromatic rings. The van der Waals surface area contributed by atoms with Gasteiger partial charge in [-0.1, -0.05) is 61.9 Å². The van der Waals surface area contributed by atoms with Crippen molar-refractivity contribution >= 4 is 17.3 Å². The Labute approximate surface area is 212 Å². The number of hydrogen-bond donors (Lipinski definition) is 0. The van der Waals surface area contributed by atoms with E-state index in [0.29, 0.717) is 13.0 Å². The maximum absolute atomic E-state index is 13.9. The van der Waals surface area contributed by atoms with Gasteiger partial charge < -0.3 is 4.90 Å². The molecule has 3 heteroatoms. The fourth-order valence-corrected chi connectivity index (χ4v) is 4.72. The van der Waals surface area contributed by atoms with Gasteiger partial charge in [-0.25, -0.2) is 0 Å². The lowest BCUT2D eigenvalue weighted by Gasteiger charge is -2.27. The molecule has 0 aliphatic heterocycles. The lowest BCUT2D eigenvalue weighted by atomic mass is 9.91. The highest BCUT2D eigenvalue weighted by Crippen LogP contribution is 2.29. The summed E-state index contributed by atoms with van der Waals surface area (Å²) in [6, 6.07) is 17.0. The van der Waals surface area contributed by atoms with Crippen molar-refractivity contribution in [2.75, 3.05) is 11.4 Å². The van der Waals surface area contributed by atoms with E-state index in [1.54, 1.807) is 0 Å². The van der Waals surface area contributed by atoms with Gasteiger partial charge in [-0.2, -0.15) is 0 Å². The zero-order valence-electron chi connectivity index (χ0n) is 22.5. The molecule has 1 atom stereocenters. The minimum atomic E-state index is 0.154. The van der Waals surface area contributed by atoms with E-state index in [0.717, 1.165) is 41.9 Å². The number of aryl methyl sites for hydroxylation is 2. The van der Waals surface area contributed by atoms with Gasteiger partial charge in [-0.05, 0) is 100 Å². The molecule has 3 nitrogen and oxygen atoms in total.